The molecule has 0 aliphatic carbocycles. The number of nitrogens with one attached hydrogen (secondary N) is 2. The Labute approximate surface area is 209 Å². The quantitative estimate of drug-likeness (QED) is 0.328. The number of nitrogens with zero attached hydrogens (tertiary/aromatic N) is 4. The van der Waals surface area contributed by atoms with Crippen LogP contribution in [0.5, 0.6) is 0 Å². The molecule has 0 unspecified atom stereocenters. The SMILES string of the molecule is C[C@H](NC(=O)c1ccccc1)c1nnc(SCC(=O)Nc2nc(-c3ccc(Cl)cc3)cs2)n1C. The highest BCUT2D eigenvalue weighted by Crippen LogP contribution is 2.26. The van der Waals surface area contributed by atoms with Gasteiger partial charge in [-0.2, -0.15) is 0 Å². The van der Waals surface area contributed by atoms with E-state index in [1.807, 2.05) is 42.6 Å². The maximum absolute atomic E-state index is 12.4. The van der Waals surface area contributed by atoms with Gasteiger partial charge in [0, 0.05) is 28.6 Å². The Morgan fingerprint density at radius 2 is 1.85 bits per heavy atom. The normalized spacial score (nSPS) is 11.7. The molecule has 4 aromatic rings. The van der Waals surface area contributed by atoms with E-state index in [9.17, 15) is 9.59 Å². The van der Waals surface area contributed by atoms with Crippen molar-refractivity contribution in [3.8, 4) is 11.3 Å². The van der Waals surface area contributed by atoms with Crippen LogP contribution in [0.4, 0.5) is 5.13 Å². The number of aromatic nitrogens is 4. The first-order valence-corrected chi connectivity index (χ1v) is 12.5. The van der Waals surface area contributed by atoms with Gasteiger partial charge < -0.3 is 15.2 Å². The summed E-state index contributed by atoms with van der Waals surface area (Å²) >= 11 is 8.54. The molecule has 0 saturated heterocycles. The van der Waals surface area contributed by atoms with Crippen LogP contribution in [-0.2, 0) is 11.8 Å². The van der Waals surface area contributed by atoms with Crippen LogP contribution in [0.25, 0.3) is 11.3 Å². The van der Waals surface area contributed by atoms with Crippen molar-refractivity contribution in [2.75, 3.05) is 11.1 Å². The molecule has 2 N–H and O–H groups in total. The number of thioether (sulfide) groups is 1. The van der Waals surface area contributed by atoms with Crippen molar-refractivity contribution < 1.29 is 9.59 Å². The molecule has 2 aromatic heterocycles. The molecule has 11 heteroatoms. The Morgan fingerprint density at radius 1 is 1.12 bits per heavy atom. The maximum atomic E-state index is 12.4. The number of rotatable bonds is 8. The number of hydrogen-bond acceptors (Lipinski definition) is 7. The number of hydrogen-bond donors (Lipinski definition) is 2. The smallest absolute Gasteiger partial charge is 0.251 e. The first-order chi connectivity index (χ1) is 16.4. The lowest BCUT2D eigenvalue weighted by Crippen LogP contribution is -2.28. The number of amides is 2. The van der Waals surface area contributed by atoms with Crippen molar-refractivity contribution in [1.82, 2.24) is 25.1 Å². The standard InChI is InChI=1S/C23H21ClN6O2S2/c1-14(25-21(32)16-6-4-3-5-7-16)20-28-29-23(30(20)2)34-13-19(31)27-22-26-18(12-33-22)15-8-10-17(24)11-9-15/h3-12,14H,13H2,1-2H3,(H,25,32)(H,26,27,31)/t14-/m0/s1. The van der Waals surface area contributed by atoms with Crippen LogP contribution in [0.2, 0.25) is 5.02 Å². The van der Waals surface area contributed by atoms with E-state index < -0.39 is 0 Å². The molecule has 0 saturated carbocycles. The van der Waals surface area contributed by atoms with Gasteiger partial charge in [0.2, 0.25) is 5.91 Å². The molecular weight excluding hydrogens is 492 g/mol. The molecule has 0 bridgehead atoms. The van der Waals surface area contributed by atoms with Gasteiger partial charge in [0.1, 0.15) is 0 Å². The third-order valence-electron chi connectivity index (χ3n) is 4.86. The van der Waals surface area contributed by atoms with E-state index in [2.05, 4.69) is 25.8 Å². The number of carbonyl (C=O) groups excluding carboxylic acids is 2. The van der Waals surface area contributed by atoms with Crippen LogP contribution in [0.1, 0.15) is 29.1 Å². The monoisotopic (exact) mass is 512 g/mol. The van der Waals surface area contributed by atoms with Crippen molar-refractivity contribution in [1.29, 1.82) is 0 Å². The molecule has 0 spiro atoms. The zero-order valence-corrected chi connectivity index (χ0v) is 20.7. The van der Waals surface area contributed by atoms with Crippen LogP contribution in [0, 0.1) is 0 Å². The van der Waals surface area contributed by atoms with Gasteiger partial charge in [0.15, 0.2) is 16.1 Å². The summed E-state index contributed by atoms with van der Waals surface area (Å²) in [6.45, 7) is 1.84. The van der Waals surface area contributed by atoms with E-state index in [1.165, 1.54) is 23.1 Å². The summed E-state index contributed by atoms with van der Waals surface area (Å²) in [5, 5.41) is 17.7. The Balaban J connectivity index is 1.31. The molecule has 0 fully saturated rings. The van der Waals surface area contributed by atoms with Crippen LogP contribution >= 0.6 is 34.7 Å². The van der Waals surface area contributed by atoms with E-state index >= 15 is 0 Å². The fourth-order valence-corrected chi connectivity index (χ4v) is 4.71. The molecule has 34 heavy (non-hydrogen) atoms. The summed E-state index contributed by atoms with van der Waals surface area (Å²) in [5.74, 6) is 0.356. The Bertz CT molecular complexity index is 1290. The van der Waals surface area contributed by atoms with Crippen molar-refractivity contribution in [3.63, 3.8) is 0 Å². The molecule has 2 amide bonds. The van der Waals surface area contributed by atoms with Gasteiger partial charge in [-0.1, -0.05) is 53.7 Å². The zero-order chi connectivity index (χ0) is 24.1. The van der Waals surface area contributed by atoms with Crippen molar-refractivity contribution in [2.24, 2.45) is 7.05 Å². The molecule has 4 rings (SSSR count). The van der Waals surface area contributed by atoms with Crippen LogP contribution in [0.15, 0.2) is 65.1 Å². The molecule has 0 aliphatic heterocycles. The first kappa shape index (κ1) is 23.9. The number of benzene rings is 2. The van der Waals surface area contributed by atoms with Crippen LogP contribution in [-0.4, -0.2) is 37.3 Å². The van der Waals surface area contributed by atoms with E-state index in [0.717, 1.165) is 11.3 Å². The second kappa shape index (κ2) is 10.8. The van der Waals surface area contributed by atoms with Crippen molar-refractivity contribution >= 4 is 51.6 Å². The summed E-state index contributed by atoms with van der Waals surface area (Å²) in [7, 11) is 1.81. The van der Waals surface area contributed by atoms with Gasteiger partial charge >= 0.3 is 0 Å². The zero-order valence-electron chi connectivity index (χ0n) is 18.4. The highest BCUT2D eigenvalue weighted by atomic mass is 35.5. The highest BCUT2D eigenvalue weighted by Gasteiger charge is 2.19. The average Bonchev–Trinajstić information content (AvgIpc) is 3.45. The predicted molar refractivity (Wildman–Crippen MR) is 135 cm³/mol. The molecule has 2 heterocycles. The fourth-order valence-electron chi connectivity index (χ4n) is 3.13. The molecule has 0 radical (unpaired) electrons. The molecule has 174 valence electrons. The van der Waals surface area contributed by atoms with Gasteiger partial charge in [-0.05, 0) is 31.2 Å². The summed E-state index contributed by atoms with van der Waals surface area (Å²) < 4.78 is 1.77. The highest BCUT2D eigenvalue weighted by molar-refractivity contribution is 7.99. The third-order valence-corrected chi connectivity index (χ3v) is 6.89. The van der Waals surface area contributed by atoms with Crippen molar-refractivity contribution in [2.45, 2.75) is 18.1 Å². The number of carbonyl (C=O) groups is 2. The minimum absolute atomic E-state index is 0.145. The lowest BCUT2D eigenvalue weighted by atomic mass is 10.2. The largest absolute Gasteiger partial charge is 0.342 e. The maximum Gasteiger partial charge on any atom is 0.251 e. The van der Waals surface area contributed by atoms with Gasteiger partial charge in [0.05, 0.1) is 17.5 Å². The summed E-state index contributed by atoms with van der Waals surface area (Å²) in [5.41, 5.74) is 2.27. The lowest BCUT2D eigenvalue weighted by molar-refractivity contribution is -0.113. The summed E-state index contributed by atoms with van der Waals surface area (Å²) in [4.78, 5) is 29.3. The Kier molecular flexibility index (Phi) is 7.61. The molecule has 0 aliphatic rings. The Morgan fingerprint density at radius 3 is 2.59 bits per heavy atom. The topological polar surface area (TPSA) is 102 Å². The van der Waals surface area contributed by atoms with E-state index in [0.29, 0.717) is 26.7 Å². The molecule has 8 nitrogen and oxygen atoms in total. The van der Waals surface area contributed by atoms with Gasteiger partial charge in [-0.15, -0.1) is 21.5 Å². The van der Waals surface area contributed by atoms with Crippen LogP contribution in [0.3, 0.4) is 0 Å². The fraction of sp³-hybridized carbons (Fsp3) is 0.174. The van der Waals surface area contributed by atoms with E-state index in [-0.39, 0.29) is 23.6 Å². The van der Waals surface area contributed by atoms with E-state index in [1.54, 1.807) is 35.9 Å². The molecular formula is C23H21ClN6O2S2. The number of halogens is 1. The minimum Gasteiger partial charge on any atom is -0.342 e. The second-order valence-electron chi connectivity index (χ2n) is 7.34. The lowest BCUT2D eigenvalue weighted by Gasteiger charge is -2.13. The van der Waals surface area contributed by atoms with Crippen molar-refractivity contribution in [3.05, 3.63) is 76.4 Å². The first-order valence-electron chi connectivity index (χ1n) is 10.3. The summed E-state index contributed by atoms with van der Waals surface area (Å²) in [6.07, 6.45) is 0. The molecule has 2 aromatic carbocycles. The Hall–Kier alpha value is -3.21. The van der Waals surface area contributed by atoms with E-state index in [4.69, 9.17) is 11.6 Å². The number of anilines is 1. The third kappa shape index (κ3) is 5.82. The van der Waals surface area contributed by atoms with Gasteiger partial charge in [-0.3, -0.25) is 9.59 Å². The second-order valence-corrected chi connectivity index (χ2v) is 9.58. The van der Waals surface area contributed by atoms with Gasteiger partial charge in [0.25, 0.3) is 5.91 Å². The summed E-state index contributed by atoms with van der Waals surface area (Å²) in [6, 6.07) is 16.0. The average molecular weight is 513 g/mol. The van der Waals surface area contributed by atoms with Gasteiger partial charge in [-0.25, -0.2) is 4.98 Å². The molecule has 1 atom stereocenters. The minimum atomic E-state index is -0.352. The number of thiazole rings is 1. The predicted octanol–water partition coefficient (Wildman–Crippen LogP) is 4.81. The van der Waals surface area contributed by atoms with Crippen LogP contribution < -0.4 is 10.6 Å².